The molecule has 4 bridgehead atoms. The maximum atomic E-state index is 13.0. The van der Waals surface area contributed by atoms with Gasteiger partial charge in [-0.05, 0) is 60.4 Å². The van der Waals surface area contributed by atoms with Crippen LogP contribution in [0.5, 0.6) is 0 Å². The number of fused-ring (bicyclic) bond motifs is 1. The minimum Gasteiger partial charge on any atom is -0.308 e. The smallest absolute Gasteiger partial charge is 0.308 e. The van der Waals surface area contributed by atoms with Crippen molar-refractivity contribution in [3.63, 3.8) is 0 Å². The lowest BCUT2D eigenvalue weighted by atomic mass is 9.68. The van der Waals surface area contributed by atoms with Crippen molar-refractivity contribution >= 4 is 0 Å². The Morgan fingerprint density at radius 1 is 0.771 bits per heavy atom. The monoisotopic (exact) mass is 476 g/mol. The van der Waals surface area contributed by atoms with Crippen LogP contribution in [-0.2, 0) is 12.7 Å². The van der Waals surface area contributed by atoms with E-state index < -0.39 is 11.7 Å². The molecule has 0 saturated carbocycles. The summed E-state index contributed by atoms with van der Waals surface area (Å²) in [5, 5.41) is 3.84. The molecular weight excluding hydrogens is 445 g/mol. The van der Waals surface area contributed by atoms with E-state index in [1.54, 1.807) is 12.1 Å². The minimum absolute atomic E-state index is 0.244. The predicted molar refractivity (Wildman–Crippen MR) is 132 cm³/mol. The van der Waals surface area contributed by atoms with E-state index >= 15 is 0 Å². The van der Waals surface area contributed by atoms with E-state index in [0.29, 0.717) is 30.6 Å². The highest BCUT2D eigenvalue weighted by molar-refractivity contribution is 5.37. The number of benzene rings is 3. The summed E-state index contributed by atoms with van der Waals surface area (Å²) in [6.45, 7) is 0.579. The summed E-state index contributed by atoms with van der Waals surface area (Å²) in [5.41, 5.74) is 2.97. The van der Waals surface area contributed by atoms with Crippen molar-refractivity contribution < 1.29 is 13.2 Å². The third-order valence-electron chi connectivity index (χ3n) is 8.53. The number of nitrogens with zero attached hydrogens (tertiary/aromatic N) is 1. The number of halogens is 3. The van der Waals surface area contributed by atoms with Crippen LogP contribution in [-0.4, -0.2) is 29.1 Å². The molecule has 3 aromatic rings. The Kier molecular flexibility index (Phi) is 5.93. The van der Waals surface area contributed by atoms with E-state index in [2.05, 4.69) is 70.9 Å². The van der Waals surface area contributed by atoms with Gasteiger partial charge in [-0.15, -0.1) is 0 Å². The topological polar surface area (TPSA) is 15.3 Å². The second-order valence-electron chi connectivity index (χ2n) is 10.5. The highest BCUT2D eigenvalue weighted by Gasteiger charge is 2.56. The van der Waals surface area contributed by atoms with Crippen LogP contribution in [0, 0.1) is 5.92 Å². The molecule has 0 amide bonds. The van der Waals surface area contributed by atoms with Gasteiger partial charge in [0.25, 0.3) is 0 Å². The third-order valence-corrected chi connectivity index (χ3v) is 8.53. The lowest BCUT2D eigenvalue weighted by Gasteiger charge is -2.58. The minimum atomic E-state index is -4.30. The lowest BCUT2D eigenvalue weighted by Crippen LogP contribution is -2.68. The number of piperidine rings is 3. The maximum absolute atomic E-state index is 13.0. The first-order valence-corrected chi connectivity index (χ1v) is 12.8. The van der Waals surface area contributed by atoms with Crippen LogP contribution in [0.3, 0.4) is 0 Å². The number of alkyl halides is 3. The van der Waals surface area contributed by atoms with Gasteiger partial charge in [-0.3, -0.25) is 4.90 Å². The van der Waals surface area contributed by atoms with E-state index in [1.807, 2.05) is 0 Å². The van der Waals surface area contributed by atoms with Crippen LogP contribution < -0.4 is 5.32 Å². The zero-order chi connectivity index (χ0) is 24.0. The average molecular weight is 477 g/mol. The Labute approximate surface area is 205 Å². The summed E-state index contributed by atoms with van der Waals surface area (Å²) in [4.78, 5) is 2.81. The molecule has 4 fully saturated rings. The van der Waals surface area contributed by atoms with Crippen molar-refractivity contribution in [2.24, 2.45) is 5.92 Å². The number of hydrogen-bond acceptors (Lipinski definition) is 2. The van der Waals surface area contributed by atoms with Gasteiger partial charge >= 0.3 is 6.18 Å². The molecule has 4 saturated heterocycles. The quantitative estimate of drug-likeness (QED) is 0.430. The Hall–Kier alpha value is -2.63. The van der Waals surface area contributed by atoms with Crippen LogP contribution in [0.4, 0.5) is 13.2 Å². The van der Waals surface area contributed by atoms with Crippen molar-refractivity contribution in [1.29, 1.82) is 0 Å². The van der Waals surface area contributed by atoms with E-state index in [0.717, 1.165) is 5.56 Å². The summed E-state index contributed by atoms with van der Waals surface area (Å²) in [5.74, 6) is 0.834. The van der Waals surface area contributed by atoms with Gasteiger partial charge in [-0.25, -0.2) is 0 Å². The first kappa shape index (κ1) is 22.8. The molecular formula is C30H31F3N2. The Morgan fingerprint density at radius 2 is 1.31 bits per heavy atom. The molecule has 4 aliphatic heterocycles. The molecule has 182 valence electrons. The van der Waals surface area contributed by atoms with Gasteiger partial charge < -0.3 is 5.32 Å². The molecule has 0 spiro atoms. The second-order valence-corrected chi connectivity index (χ2v) is 10.5. The SMILES string of the molecule is FC(F)(F)c1ccc(CNC2C3CC4CCC(C3)N4C2C(c2ccccc2)c2ccccc2)cc1. The molecule has 7 rings (SSSR count). The summed E-state index contributed by atoms with van der Waals surface area (Å²) in [6, 6.07) is 29.1. The normalized spacial score (nSPS) is 29.6. The zero-order valence-electron chi connectivity index (χ0n) is 19.7. The molecule has 5 heteroatoms. The molecule has 4 heterocycles. The van der Waals surface area contributed by atoms with Crippen molar-refractivity contribution in [3.05, 3.63) is 107 Å². The number of rotatable bonds is 6. The molecule has 2 nitrogen and oxygen atoms in total. The average Bonchev–Trinajstić information content (AvgIpc) is 3.16. The van der Waals surface area contributed by atoms with Gasteiger partial charge in [0.2, 0.25) is 0 Å². The summed E-state index contributed by atoms with van der Waals surface area (Å²) in [6.07, 6.45) is 0.686. The van der Waals surface area contributed by atoms with Crippen LogP contribution in [0.2, 0.25) is 0 Å². The molecule has 0 radical (unpaired) electrons. The molecule has 4 atom stereocenters. The van der Waals surface area contributed by atoms with Gasteiger partial charge in [0.15, 0.2) is 0 Å². The molecule has 0 aliphatic carbocycles. The maximum Gasteiger partial charge on any atom is 0.416 e. The fraction of sp³-hybridized carbons (Fsp3) is 0.400. The van der Waals surface area contributed by atoms with Crippen LogP contribution in [0.1, 0.15) is 53.9 Å². The van der Waals surface area contributed by atoms with E-state index in [4.69, 9.17) is 0 Å². The van der Waals surface area contributed by atoms with Gasteiger partial charge in [-0.1, -0.05) is 72.8 Å². The molecule has 35 heavy (non-hydrogen) atoms. The van der Waals surface area contributed by atoms with Gasteiger partial charge in [0.05, 0.1) is 5.56 Å². The number of nitrogens with one attached hydrogen (secondary N) is 1. The zero-order valence-corrected chi connectivity index (χ0v) is 19.7. The van der Waals surface area contributed by atoms with Crippen LogP contribution in [0.25, 0.3) is 0 Å². The molecule has 1 N–H and O–H groups in total. The summed E-state index contributed by atoms with van der Waals surface area (Å²) >= 11 is 0. The first-order chi connectivity index (χ1) is 17.0. The molecule has 3 aromatic carbocycles. The van der Waals surface area contributed by atoms with E-state index in [1.165, 1.54) is 48.9 Å². The van der Waals surface area contributed by atoms with Crippen molar-refractivity contribution in [2.45, 2.75) is 68.5 Å². The highest BCUT2D eigenvalue weighted by atomic mass is 19.4. The van der Waals surface area contributed by atoms with Crippen molar-refractivity contribution in [2.75, 3.05) is 0 Å². The van der Waals surface area contributed by atoms with Gasteiger partial charge in [0.1, 0.15) is 0 Å². The van der Waals surface area contributed by atoms with E-state index in [-0.39, 0.29) is 12.0 Å². The highest BCUT2D eigenvalue weighted by Crippen LogP contribution is 2.52. The van der Waals surface area contributed by atoms with Gasteiger partial charge in [-0.2, -0.15) is 13.2 Å². The van der Waals surface area contributed by atoms with Crippen LogP contribution >= 0.6 is 0 Å². The lowest BCUT2D eigenvalue weighted by molar-refractivity contribution is -0.137. The third kappa shape index (κ3) is 4.30. The predicted octanol–water partition coefficient (Wildman–Crippen LogP) is 6.62. The Bertz CT molecular complexity index is 1080. The molecule has 4 unspecified atom stereocenters. The fourth-order valence-corrected chi connectivity index (χ4v) is 7.12. The second kappa shape index (κ2) is 9.11. The first-order valence-electron chi connectivity index (χ1n) is 12.8. The Balaban J connectivity index is 1.33. The fourth-order valence-electron chi connectivity index (χ4n) is 7.12. The Morgan fingerprint density at radius 3 is 1.83 bits per heavy atom. The molecule has 4 aliphatic rings. The van der Waals surface area contributed by atoms with Crippen molar-refractivity contribution in [3.8, 4) is 0 Å². The van der Waals surface area contributed by atoms with Gasteiger partial charge in [0, 0.05) is 36.6 Å². The standard InChI is InChI=1S/C30H31F3N2/c31-30(32,33)24-13-11-20(12-14-24)19-34-28-23-17-25-15-16-26(18-23)35(25)29(28)27(21-7-3-1-4-8-21)22-9-5-2-6-10-22/h1-14,23,25-29,34H,15-19H2. The van der Waals surface area contributed by atoms with E-state index in [9.17, 15) is 13.2 Å². The number of hydrogen-bond donors (Lipinski definition) is 1. The largest absolute Gasteiger partial charge is 0.416 e. The van der Waals surface area contributed by atoms with Crippen LogP contribution in [0.15, 0.2) is 84.9 Å². The summed E-state index contributed by atoms with van der Waals surface area (Å²) < 4.78 is 39.1. The summed E-state index contributed by atoms with van der Waals surface area (Å²) in [7, 11) is 0. The molecule has 0 aromatic heterocycles. The van der Waals surface area contributed by atoms with Crippen molar-refractivity contribution in [1.82, 2.24) is 10.2 Å².